The molecule has 8 nitrogen and oxygen atoms in total. The predicted octanol–water partition coefficient (Wildman–Crippen LogP) is 4.00. The Morgan fingerprint density at radius 3 is 2.49 bits per heavy atom. The molecule has 0 aliphatic rings. The van der Waals surface area contributed by atoms with Gasteiger partial charge in [-0.3, -0.25) is 4.79 Å². The number of anilines is 1. The van der Waals surface area contributed by atoms with E-state index in [4.69, 9.17) is 10.8 Å². The maximum Gasteiger partial charge on any atom is 0.322 e. The first kappa shape index (κ1) is 26.1. The summed E-state index contributed by atoms with van der Waals surface area (Å²) in [6, 6.07) is 16.9. The predicted molar refractivity (Wildman–Crippen MR) is 136 cm³/mol. The zero-order chi connectivity index (χ0) is 25.5. The van der Waals surface area contributed by atoms with Crippen LogP contribution in [-0.4, -0.2) is 36.0 Å². The van der Waals surface area contributed by atoms with Crippen LogP contribution in [0.3, 0.4) is 0 Å². The maximum absolute atomic E-state index is 13.8. The van der Waals surface area contributed by atoms with Crippen molar-refractivity contribution in [1.82, 2.24) is 9.97 Å². The number of aliphatic carboxylic acids is 1. The van der Waals surface area contributed by atoms with E-state index in [1.54, 1.807) is 24.3 Å². The second kappa shape index (κ2) is 11.2. The van der Waals surface area contributed by atoms with Crippen molar-refractivity contribution < 1.29 is 18.3 Å². The van der Waals surface area contributed by atoms with Crippen LogP contribution in [0.25, 0.3) is 5.57 Å². The Hall–Kier alpha value is -3.56. The van der Waals surface area contributed by atoms with Crippen molar-refractivity contribution in [2.24, 2.45) is 5.73 Å². The van der Waals surface area contributed by atoms with E-state index < -0.39 is 20.7 Å². The summed E-state index contributed by atoms with van der Waals surface area (Å²) < 4.78 is 27.6. The zero-order valence-electron chi connectivity index (χ0n) is 19.8. The van der Waals surface area contributed by atoms with Gasteiger partial charge in [-0.05, 0) is 54.3 Å². The van der Waals surface area contributed by atoms with Crippen molar-refractivity contribution >= 4 is 27.2 Å². The number of allylic oxidation sites excluding steroid dienone is 2. The number of aromatic nitrogens is 2. The fourth-order valence-electron chi connectivity index (χ4n) is 3.62. The summed E-state index contributed by atoms with van der Waals surface area (Å²) in [5.41, 5.74) is 9.70. The minimum Gasteiger partial charge on any atom is -0.480 e. The van der Waals surface area contributed by atoms with E-state index in [-0.39, 0.29) is 29.5 Å². The quantitative estimate of drug-likeness (QED) is 0.364. The first-order valence-corrected chi connectivity index (χ1v) is 12.8. The average Bonchev–Trinajstić information content (AvgIpc) is 2.87. The number of nitrogens with one attached hydrogen (secondary N) is 1. The number of sulfone groups is 1. The third-order valence-electron chi connectivity index (χ3n) is 5.61. The van der Waals surface area contributed by atoms with E-state index in [2.05, 4.69) is 28.3 Å². The van der Waals surface area contributed by atoms with Crippen LogP contribution in [0.4, 0.5) is 5.82 Å². The van der Waals surface area contributed by atoms with Gasteiger partial charge < -0.3 is 16.2 Å². The fraction of sp³-hybridized carbons (Fsp3) is 0.269. The smallest absolute Gasteiger partial charge is 0.322 e. The van der Waals surface area contributed by atoms with Gasteiger partial charge in [0.1, 0.15) is 12.4 Å². The molecule has 2 aromatic heterocycles. The van der Waals surface area contributed by atoms with Crippen molar-refractivity contribution in [3.63, 3.8) is 0 Å². The summed E-state index contributed by atoms with van der Waals surface area (Å²) in [5, 5.41) is 11.5. The number of carboxylic acid groups (broad SMARTS) is 1. The number of carboxylic acids is 1. The highest BCUT2D eigenvalue weighted by molar-refractivity contribution is 7.92. The molecule has 0 saturated carbocycles. The van der Waals surface area contributed by atoms with E-state index in [9.17, 15) is 13.2 Å². The SMILES string of the molecule is CCC/C=C(\C)c1ccc(CC(N)(c2cccc(NCC(=O)O)n2)S(=O)(=O)c2ccccn2)cc1. The molecule has 0 bridgehead atoms. The van der Waals surface area contributed by atoms with E-state index >= 15 is 0 Å². The highest BCUT2D eigenvalue weighted by Gasteiger charge is 2.45. The van der Waals surface area contributed by atoms with Crippen LogP contribution in [0.2, 0.25) is 0 Å². The van der Waals surface area contributed by atoms with E-state index in [0.717, 1.165) is 24.0 Å². The molecule has 9 heteroatoms. The molecular weight excluding hydrogens is 464 g/mol. The number of unbranched alkanes of at least 4 members (excludes halogenated alkanes) is 1. The minimum absolute atomic E-state index is 0.0563. The highest BCUT2D eigenvalue weighted by atomic mass is 32.2. The number of hydrogen-bond donors (Lipinski definition) is 3. The molecule has 3 rings (SSSR count). The highest BCUT2D eigenvalue weighted by Crippen LogP contribution is 2.33. The Kier molecular flexibility index (Phi) is 8.37. The topological polar surface area (TPSA) is 135 Å². The van der Waals surface area contributed by atoms with Crippen LogP contribution in [-0.2, 0) is 25.9 Å². The number of nitrogens with zero attached hydrogens (tertiary/aromatic N) is 2. The van der Waals surface area contributed by atoms with Gasteiger partial charge >= 0.3 is 5.97 Å². The van der Waals surface area contributed by atoms with Crippen LogP contribution >= 0.6 is 0 Å². The van der Waals surface area contributed by atoms with Crippen LogP contribution in [0, 0.1) is 0 Å². The molecule has 0 radical (unpaired) electrons. The molecule has 0 fully saturated rings. The van der Waals surface area contributed by atoms with Crippen molar-refractivity contribution in [2.75, 3.05) is 11.9 Å². The molecular formula is C26H30N4O4S. The molecule has 0 aliphatic heterocycles. The van der Waals surface area contributed by atoms with Crippen LogP contribution < -0.4 is 11.1 Å². The fourth-order valence-corrected chi connectivity index (χ4v) is 5.19. The van der Waals surface area contributed by atoms with E-state index in [1.807, 2.05) is 31.2 Å². The van der Waals surface area contributed by atoms with Gasteiger partial charge in [0.2, 0.25) is 9.84 Å². The second-order valence-electron chi connectivity index (χ2n) is 8.27. The van der Waals surface area contributed by atoms with Crippen molar-refractivity contribution in [3.05, 3.63) is 89.8 Å². The van der Waals surface area contributed by atoms with Gasteiger partial charge in [-0.15, -0.1) is 0 Å². The molecule has 1 atom stereocenters. The van der Waals surface area contributed by atoms with Gasteiger partial charge in [0.05, 0.1) is 5.69 Å². The third kappa shape index (κ3) is 6.12. The lowest BCUT2D eigenvalue weighted by Crippen LogP contribution is -2.47. The number of benzene rings is 1. The van der Waals surface area contributed by atoms with Gasteiger partial charge in [-0.1, -0.05) is 55.8 Å². The van der Waals surface area contributed by atoms with Crippen LogP contribution in [0.5, 0.6) is 0 Å². The molecule has 3 aromatic rings. The molecule has 0 spiro atoms. The summed E-state index contributed by atoms with van der Waals surface area (Å²) >= 11 is 0. The Morgan fingerprint density at radius 2 is 1.86 bits per heavy atom. The van der Waals surface area contributed by atoms with E-state index in [1.165, 1.54) is 18.3 Å². The molecule has 184 valence electrons. The van der Waals surface area contributed by atoms with E-state index in [0.29, 0.717) is 5.56 Å². The monoisotopic (exact) mass is 494 g/mol. The van der Waals surface area contributed by atoms with Crippen molar-refractivity contribution in [2.45, 2.75) is 43.0 Å². The minimum atomic E-state index is -4.19. The second-order valence-corrected chi connectivity index (χ2v) is 10.4. The lowest BCUT2D eigenvalue weighted by atomic mass is 9.99. The maximum atomic E-state index is 13.8. The lowest BCUT2D eigenvalue weighted by Gasteiger charge is -2.29. The Balaban J connectivity index is 2.05. The zero-order valence-corrected chi connectivity index (χ0v) is 20.6. The Morgan fingerprint density at radius 1 is 1.11 bits per heavy atom. The summed E-state index contributed by atoms with van der Waals surface area (Å²) in [7, 11) is -4.19. The number of nitrogens with two attached hydrogens (primary N) is 1. The summed E-state index contributed by atoms with van der Waals surface area (Å²) in [6.07, 6.45) is 5.56. The largest absolute Gasteiger partial charge is 0.480 e. The molecule has 1 unspecified atom stereocenters. The average molecular weight is 495 g/mol. The molecule has 0 amide bonds. The number of pyridine rings is 2. The molecule has 2 heterocycles. The van der Waals surface area contributed by atoms with Crippen LogP contribution in [0.1, 0.15) is 43.5 Å². The van der Waals surface area contributed by atoms with Gasteiger partial charge in [0.15, 0.2) is 9.90 Å². The molecule has 1 aromatic carbocycles. The van der Waals surface area contributed by atoms with Gasteiger partial charge in [0.25, 0.3) is 0 Å². The number of carbonyl (C=O) groups is 1. The first-order valence-electron chi connectivity index (χ1n) is 11.3. The van der Waals surface area contributed by atoms with Crippen molar-refractivity contribution in [3.8, 4) is 0 Å². The van der Waals surface area contributed by atoms with Crippen molar-refractivity contribution in [1.29, 1.82) is 0 Å². The Labute approximate surface area is 205 Å². The molecule has 0 aliphatic carbocycles. The van der Waals surface area contributed by atoms with Gasteiger partial charge in [0, 0.05) is 12.6 Å². The number of rotatable bonds is 11. The van der Waals surface area contributed by atoms with Gasteiger partial charge in [-0.25, -0.2) is 18.4 Å². The summed E-state index contributed by atoms with van der Waals surface area (Å²) in [5.74, 6) is -0.858. The number of hydrogen-bond acceptors (Lipinski definition) is 7. The summed E-state index contributed by atoms with van der Waals surface area (Å²) in [4.78, 5) is 17.4. The van der Waals surface area contributed by atoms with Crippen LogP contribution in [0.15, 0.2) is 78.0 Å². The summed E-state index contributed by atoms with van der Waals surface area (Å²) in [6.45, 7) is 3.80. The standard InChI is InChI=1S/C26H30N4O4S/c1-3-4-8-19(2)21-14-12-20(13-15-21)17-26(27,35(33,34)24-11-5-6-16-28-24)22-9-7-10-23(30-22)29-18-25(31)32/h5-16H,3-4,17-18,27H2,1-2H3,(H,29,30)(H,31,32)/b19-8+. The third-order valence-corrected chi connectivity index (χ3v) is 7.72. The first-order chi connectivity index (χ1) is 16.7. The molecule has 35 heavy (non-hydrogen) atoms. The normalized spacial score (nSPS) is 13.7. The Bertz CT molecular complexity index is 1290. The lowest BCUT2D eigenvalue weighted by molar-refractivity contribution is -0.134. The molecule has 0 saturated heterocycles. The van der Waals surface area contributed by atoms with Gasteiger partial charge in [-0.2, -0.15) is 0 Å². The molecule has 4 N–H and O–H groups in total.